The fraction of sp³-hybridized carbons (Fsp3) is 0.188. The predicted octanol–water partition coefficient (Wildman–Crippen LogP) is 3.74. The van der Waals surface area contributed by atoms with Crippen molar-refractivity contribution in [1.82, 2.24) is 0 Å². The number of rotatable bonds is 1. The van der Waals surface area contributed by atoms with Crippen LogP contribution >= 0.6 is 11.8 Å². The quantitative estimate of drug-likeness (QED) is 0.721. The average Bonchev–Trinajstić information content (AvgIpc) is 2.57. The molecule has 18 heavy (non-hydrogen) atoms. The first-order valence-electron chi connectivity index (χ1n) is 6.09. The van der Waals surface area contributed by atoms with Crippen molar-refractivity contribution in [3.05, 3.63) is 64.7 Å². The van der Waals surface area contributed by atoms with Crippen molar-refractivity contribution in [3.63, 3.8) is 0 Å². The lowest BCUT2D eigenvalue weighted by atomic mass is 9.99. The summed E-state index contributed by atoms with van der Waals surface area (Å²) in [7, 11) is 0. The van der Waals surface area contributed by atoms with Crippen molar-refractivity contribution in [2.45, 2.75) is 17.7 Å². The molecule has 0 unspecified atom stereocenters. The van der Waals surface area contributed by atoms with Gasteiger partial charge >= 0.3 is 0 Å². The van der Waals surface area contributed by atoms with Crippen LogP contribution in [0, 0.1) is 0 Å². The van der Waals surface area contributed by atoms with Crippen LogP contribution in [0.2, 0.25) is 0 Å². The summed E-state index contributed by atoms with van der Waals surface area (Å²) in [5.41, 5.74) is 4.14. The number of benzene rings is 2. The Morgan fingerprint density at radius 2 is 1.72 bits per heavy atom. The molecule has 3 rings (SSSR count). The zero-order chi connectivity index (χ0) is 12.5. The van der Waals surface area contributed by atoms with E-state index in [4.69, 9.17) is 0 Å². The molecule has 0 N–H and O–H groups in total. The summed E-state index contributed by atoms with van der Waals surface area (Å²) in [6.07, 6.45) is 3.97. The van der Waals surface area contributed by atoms with E-state index >= 15 is 0 Å². The van der Waals surface area contributed by atoms with Gasteiger partial charge in [0.25, 0.3) is 0 Å². The van der Waals surface area contributed by atoms with Gasteiger partial charge in [0.05, 0.1) is 0 Å². The third-order valence-corrected chi connectivity index (χ3v) is 4.33. The highest BCUT2D eigenvalue weighted by Gasteiger charge is 2.21. The van der Waals surface area contributed by atoms with Crippen molar-refractivity contribution in [2.75, 3.05) is 6.26 Å². The van der Waals surface area contributed by atoms with Gasteiger partial charge < -0.3 is 0 Å². The lowest BCUT2D eigenvalue weighted by Crippen LogP contribution is -2.04. The molecule has 0 fully saturated rings. The minimum absolute atomic E-state index is 0.175. The summed E-state index contributed by atoms with van der Waals surface area (Å²) < 4.78 is 0. The molecule has 0 radical (unpaired) electrons. The number of carbonyl (C=O) groups is 1. The van der Waals surface area contributed by atoms with Gasteiger partial charge in [0.1, 0.15) is 0 Å². The molecular weight excluding hydrogens is 240 g/mol. The number of fused-ring (bicyclic) bond motifs is 2. The van der Waals surface area contributed by atoms with Crippen LogP contribution in [-0.4, -0.2) is 12.0 Å². The zero-order valence-electron chi connectivity index (χ0n) is 10.3. The fourth-order valence-electron chi connectivity index (χ4n) is 2.59. The van der Waals surface area contributed by atoms with E-state index in [2.05, 4.69) is 18.4 Å². The lowest BCUT2D eigenvalue weighted by molar-refractivity contribution is 0.103. The molecule has 1 nitrogen and oxygen atoms in total. The van der Waals surface area contributed by atoms with Gasteiger partial charge in [-0.05, 0) is 36.3 Å². The second-order valence-corrected chi connectivity index (χ2v) is 5.32. The standard InChI is InChI=1S/C16H14OS/c1-18-15-8-4-7-14-13(15)10-9-11-5-2-3-6-12(11)16(14)17/h2-8H,9-10H2,1H3. The van der Waals surface area contributed by atoms with E-state index in [1.165, 1.54) is 16.0 Å². The van der Waals surface area contributed by atoms with Crippen LogP contribution in [0.5, 0.6) is 0 Å². The van der Waals surface area contributed by atoms with Crippen LogP contribution in [0.1, 0.15) is 27.0 Å². The van der Waals surface area contributed by atoms with Crippen LogP contribution < -0.4 is 0 Å². The number of ketones is 1. The first-order valence-corrected chi connectivity index (χ1v) is 7.32. The Bertz CT molecular complexity index is 616. The van der Waals surface area contributed by atoms with Gasteiger partial charge in [0.2, 0.25) is 0 Å². The van der Waals surface area contributed by atoms with E-state index in [1.807, 2.05) is 30.3 Å². The molecule has 1 aliphatic carbocycles. The Hall–Kier alpha value is -1.54. The number of hydrogen-bond donors (Lipinski definition) is 0. The van der Waals surface area contributed by atoms with Crippen LogP contribution in [0.3, 0.4) is 0 Å². The first-order chi connectivity index (χ1) is 8.81. The summed E-state index contributed by atoms with van der Waals surface area (Å²) in [6.45, 7) is 0. The molecule has 2 aromatic carbocycles. The van der Waals surface area contributed by atoms with Gasteiger partial charge in [-0.2, -0.15) is 0 Å². The van der Waals surface area contributed by atoms with Crippen LogP contribution in [-0.2, 0) is 12.8 Å². The maximum Gasteiger partial charge on any atom is 0.193 e. The van der Waals surface area contributed by atoms with Gasteiger partial charge in [0, 0.05) is 16.0 Å². The van der Waals surface area contributed by atoms with Crippen molar-refractivity contribution in [2.24, 2.45) is 0 Å². The highest BCUT2D eigenvalue weighted by atomic mass is 32.2. The number of hydrogen-bond acceptors (Lipinski definition) is 2. The molecule has 0 saturated carbocycles. The average molecular weight is 254 g/mol. The number of thioether (sulfide) groups is 1. The van der Waals surface area contributed by atoms with Crippen LogP contribution in [0.4, 0.5) is 0 Å². The lowest BCUT2D eigenvalue weighted by Gasteiger charge is -2.09. The normalized spacial score (nSPS) is 13.7. The van der Waals surface area contributed by atoms with Crippen molar-refractivity contribution in [1.29, 1.82) is 0 Å². The molecule has 0 atom stereocenters. The van der Waals surface area contributed by atoms with Gasteiger partial charge in [-0.1, -0.05) is 36.4 Å². The van der Waals surface area contributed by atoms with E-state index in [-0.39, 0.29) is 5.78 Å². The summed E-state index contributed by atoms with van der Waals surface area (Å²) >= 11 is 1.72. The summed E-state index contributed by atoms with van der Waals surface area (Å²) in [4.78, 5) is 13.8. The topological polar surface area (TPSA) is 17.1 Å². The maximum absolute atomic E-state index is 12.6. The molecule has 90 valence electrons. The Kier molecular flexibility index (Phi) is 2.96. The Morgan fingerprint density at radius 3 is 2.56 bits per heavy atom. The second kappa shape index (κ2) is 4.62. The monoisotopic (exact) mass is 254 g/mol. The molecule has 2 aromatic rings. The third kappa shape index (κ3) is 1.77. The smallest absolute Gasteiger partial charge is 0.193 e. The Morgan fingerprint density at radius 1 is 0.944 bits per heavy atom. The van der Waals surface area contributed by atoms with Crippen molar-refractivity contribution < 1.29 is 4.79 Å². The summed E-state index contributed by atoms with van der Waals surface area (Å²) in [5, 5.41) is 0. The second-order valence-electron chi connectivity index (χ2n) is 4.47. The molecule has 0 spiro atoms. The fourth-order valence-corrected chi connectivity index (χ4v) is 3.27. The molecule has 0 aliphatic heterocycles. The highest BCUT2D eigenvalue weighted by Crippen LogP contribution is 2.30. The molecule has 0 bridgehead atoms. The zero-order valence-corrected chi connectivity index (χ0v) is 11.1. The molecule has 1 aliphatic rings. The molecular formula is C16H14OS. The molecule has 2 heteroatoms. The van der Waals surface area contributed by atoms with Crippen LogP contribution in [0.25, 0.3) is 0 Å². The van der Waals surface area contributed by atoms with E-state index < -0.39 is 0 Å². The molecule has 0 saturated heterocycles. The van der Waals surface area contributed by atoms with E-state index in [0.717, 1.165) is 24.0 Å². The van der Waals surface area contributed by atoms with Gasteiger partial charge in [-0.3, -0.25) is 4.79 Å². The minimum atomic E-state index is 0.175. The molecule has 0 amide bonds. The first kappa shape index (κ1) is 11.5. The van der Waals surface area contributed by atoms with Gasteiger partial charge in [0.15, 0.2) is 5.78 Å². The minimum Gasteiger partial charge on any atom is -0.289 e. The summed E-state index contributed by atoms with van der Waals surface area (Å²) in [5.74, 6) is 0.175. The Labute approximate surface area is 111 Å². The molecule has 0 aromatic heterocycles. The van der Waals surface area contributed by atoms with Crippen molar-refractivity contribution in [3.8, 4) is 0 Å². The number of aryl methyl sites for hydroxylation is 1. The molecule has 0 heterocycles. The highest BCUT2D eigenvalue weighted by molar-refractivity contribution is 7.98. The SMILES string of the molecule is CSc1cccc2c1CCc1ccccc1C2=O. The predicted molar refractivity (Wildman–Crippen MR) is 75.5 cm³/mol. The van der Waals surface area contributed by atoms with Gasteiger partial charge in [-0.25, -0.2) is 0 Å². The number of carbonyl (C=O) groups excluding carboxylic acids is 1. The maximum atomic E-state index is 12.6. The van der Waals surface area contributed by atoms with E-state index in [9.17, 15) is 4.79 Å². The van der Waals surface area contributed by atoms with E-state index in [1.54, 1.807) is 11.8 Å². The van der Waals surface area contributed by atoms with Gasteiger partial charge in [-0.15, -0.1) is 11.8 Å². The third-order valence-electron chi connectivity index (χ3n) is 3.50. The van der Waals surface area contributed by atoms with Crippen LogP contribution in [0.15, 0.2) is 47.4 Å². The largest absolute Gasteiger partial charge is 0.289 e. The van der Waals surface area contributed by atoms with Crippen molar-refractivity contribution >= 4 is 17.5 Å². The Balaban J connectivity index is 2.21. The summed E-state index contributed by atoms with van der Waals surface area (Å²) in [6, 6.07) is 14.0. The van der Waals surface area contributed by atoms with E-state index in [0.29, 0.717) is 0 Å².